The van der Waals surface area contributed by atoms with Gasteiger partial charge in [0, 0.05) is 19.3 Å². The fourth-order valence-electron chi connectivity index (χ4n) is 9.09. The smallest absolute Gasteiger partial charge is 0.463 e. The Morgan fingerprint density at radius 2 is 0.579 bits per heavy atom. The Morgan fingerprint density at radius 3 is 0.958 bits per heavy atom. The molecule has 5 atom stereocenters. The van der Waals surface area contributed by atoms with Gasteiger partial charge in [-0.1, -0.05) is 263 Å². The molecule has 0 aliphatic heterocycles. The number of carbonyl (C=O) groups is 3. The molecule has 0 saturated heterocycles. The van der Waals surface area contributed by atoms with E-state index in [4.69, 9.17) is 32.3 Å². The molecule has 0 bridgehead atoms. The normalized spacial score (nSPS) is 15.0. The van der Waals surface area contributed by atoms with Crippen LogP contribution in [0.3, 0.4) is 0 Å². The molecule has 0 saturated carbocycles. The summed E-state index contributed by atoms with van der Waals surface area (Å²) < 4.78 is 60.8. The molecule has 0 aromatic carbocycles. The van der Waals surface area contributed by atoms with Crippen LogP contribution < -0.4 is 0 Å². The van der Waals surface area contributed by atoms with Gasteiger partial charge < -0.3 is 34.2 Å². The van der Waals surface area contributed by atoms with Crippen molar-refractivity contribution in [1.82, 2.24) is 0 Å². The Balaban J connectivity index is 4.59. The van der Waals surface area contributed by atoms with Crippen LogP contribution in [0.1, 0.15) is 265 Å². The van der Waals surface area contributed by atoms with Crippen LogP contribution in [0.5, 0.6) is 0 Å². The summed E-state index contributed by atoms with van der Waals surface area (Å²) in [6.45, 7) is 2.31. The van der Waals surface area contributed by atoms with Crippen LogP contribution in [0, 0.1) is 0 Å². The van der Waals surface area contributed by atoms with Crippen LogP contribution in [-0.4, -0.2) is 95.9 Å². The minimum absolute atomic E-state index is 0.0401. The molecule has 0 aliphatic carbocycles. The Kier molecular flexibility index (Phi) is 66.0. The van der Waals surface area contributed by atoms with Crippen molar-refractivity contribution in [3.63, 3.8) is 0 Å². The molecule has 0 rings (SSSR count). The van der Waals surface area contributed by atoms with E-state index in [-0.39, 0.29) is 19.3 Å². The largest absolute Gasteiger partial charge is 0.472 e. The van der Waals surface area contributed by atoms with Crippen LogP contribution in [0.25, 0.3) is 0 Å². The first kappa shape index (κ1) is 90.4. The van der Waals surface area contributed by atoms with Crippen LogP contribution >= 0.6 is 15.6 Å². The summed E-state index contributed by atoms with van der Waals surface area (Å²) in [6, 6.07) is 0. The number of allylic oxidation sites excluding steroid dienone is 24. The summed E-state index contributed by atoms with van der Waals surface area (Å²) in [5.74, 6) is -1.69. The minimum atomic E-state index is -4.95. The number of hydrogen-bond donors (Lipinski definition) is 4. The van der Waals surface area contributed by atoms with Crippen LogP contribution in [0.2, 0.25) is 0 Å². The number of phosphoric ester groups is 2. The maximum atomic E-state index is 12.9. The average molecular weight is 1370 g/mol. The first-order chi connectivity index (χ1) is 46.2. The van der Waals surface area contributed by atoms with Gasteiger partial charge in [0.05, 0.1) is 26.4 Å². The van der Waals surface area contributed by atoms with Crippen molar-refractivity contribution in [2.24, 2.45) is 0 Å². The predicted octanol–water partition coefficient (Wildman–Crippen LogP) is 20.5. The molecule has 0 radical (unpaired) electrons. The maximum Gasteiger partial charge on any atom is 0.472 e. The van der Waals surface area contributed by atoms with Gasteiger partial charge in [0.2, 0.25) is 0 Å². The highest BCUT2D eigenvalue weighted by Gasteiger charge is 2.29. The molecule has 0 spiro atoms. The van der Waals surface area contributed by atoms with Crippen molar-refractivity contribution >= 4 is 33.6 Å². The molecule has 95 heavy (non-hydrogen) atoms. The highest BCUT2D eigenvalue weighted by atomic mass is 31.2. The molecule has 0 heterocycles. The van der Waals surface area contributed by atoms with Gasteiger partial charge in [-0.3, -0.25) is 32.5 Å². The summed E-state index contributed by atoms with van der Waals surface area (Å²) >= 11 is 0. The summed E-state index contributed by atoms with van der Waals surface area (Å²) in [5.41, 5.74) is 0. The number of hydrogen-bond acceptors (Lipinski definition) is 14. The van der Waals surface area contributed by atoms with Crippen molar-refractivity contribution in [1.29, 1.82) is 0 Å². The lowest BCUT2D eigenvalue weighted by Crippen LogP contribution is -2.30. The molecular formula is C77H128O16P2. The lowest BCUT2D eigenvalue weighted by molar-refractivity contribution is -0.161. The van der Waals surface area contributed by atoms with E-state index < -0.39 is 91.5 Å². The molecule has 0 amide bonds. The molecule has 542 valence electrons. The molecule has 18 heteroatoms. The van der Waals surface area contributed by atoms with Gasteiger partial charge in [0.1, 0.15) is 25.4 Å². The van der Waals surface area contributed by atoms with E-state index in [0.717, 1.165) is 128 Å². The van der Waals surface area contributed by atoms with Gasteiger partial charge >= 0.3 is 33.6 Å². The summed E-state index contributed by atoms with van der Waals surface area (Å²) in [7, 11) is -9.81. The zero-order valence-corrected chi connectivity index (χ0v) is 60.6. The zero-order chi connectivity index (χ0) is 69.5. The number of rotatable bonds is 67. The number of aliphatic hydroxyl groups is 2. The van der Waals surface area contributed by atoms with E-state index in [0.29, 0.717) is 25.7 Å². The SMILES string of the molecule is CC/C=C\C/C=C\C/C=C\C/C=C\C/C=C\C/C=C\CCC(=O)OCC(COP(=O)(O)OCC(O)COP(=O)(O)OCC(O)COC(=O)CCCCCCCCCCCCC/C=C\C/C=C\C/C=C\C/C=C\C/C=C\CC)OC(=O)CCCCCCC/C=C\CCCCCC. The third-order valence-electron chi connectivity index (χ3n) is 14.5. The third kappa shape index (κ3) is 70.6. The number of unbranched alkanes of at least 4 members (excludes halogenated alkanes) is 20. The van der Waals surface area contributed by atoms with Crippen LogP contribution in [0.4, 0.5) is 0 Å². The second-order valence-electron chi connectivity index (χ2n) is 23.6. The lowest BCUT2D eigenvalue weighted by atomic mass is 10.0. The average Bonchev–Trinajstić information content (AvgIpc) is 2.12. The fourth-order valence-corrected chi connectivity index (χ4v) is 10.7. The Labute approximate surface area is 575 Å². The van der Waals surface area contributed by atoms with Gasteiger partial charge in [0.15, 0.2) is 6.10 Å². The molecular weight excluding hydrogens is 1240 g/mol. The van der Waals surface area contributed by atoms with Gasteiger partial charge in [-0.05, 0) is 128 Å². The molecule has 0 fully saturated rings. The van der Waals surface area contributed by atoms with Crippen LogP contribution in [-0.2, 0) is 55.8 Å². The minimum Gasteiger partial charge on any atom is -0.463 e. The van der Waals surface area contributed by atoms with E-state index in [9.17, 15) is 43.5 Å². The number of carbonyl (C=O) groups excluding carboxylic acids is 3. The van der Waals surface area contributed by atoms with Crippen molar-refractivity contribution in [3.8, 4) is 0 Å². The van der Waals surface area contributed by atoms with E-state index in [1.807, 2.05) is 18.2 Å². The second-order valence-corrected chi connectivity index (χ2v) is 26.5. The van der Waals surface area contributed by atoms with Crippen LogP contribution in [0.15, 0.2) is 146 Å². The maximum absolute atomic E-state index is 12.9. The quantitative estimate of drug-likeness (QED) is 0.0146. The van der Waals surface area contributed by atoms with E-state index >= 15 is 0 Å². The summed E-state index contributed by atoms with van der Waals surface area (Å²) in [6.07, 6.45) is 83.5. The van der Waals surface area contributed by atoms with Gasteiger partial charge in [-0.25, -0.2) is 9.13 Å². The van der Waals surface area contributed by atoms with Crippen molar-refractivity contribution in [3.05, 3.63) is 146 Å². The molecule has 4 N–H and O–H groups in total. The Bertz CT molecular complexity index is 2310. The Hall–Kier alpha value is -4.57. The highest BCUT2D eigenvalue weighted by molar-refractivity contribution is 7.47. The zero-order valence-electron chi connectivity index (χ0n) is 58.8. The third-order valence-corrected chi connectivity index (χ3v) is 16.4. The molecule has 0 aromatic heterocycles. The molecule has 5 unspecified atom stereocenters. The number of phosphoric acid groups is 2. The Morgan fingerprint density at radius 1 is 0.305 bits per heavy atom. The van der Waals surface area contributed by atoms with Crippen molar-refractivity contribution in [2.75, 3.05) is 39.6 Å². The topological polar surface area (TPSA) is 231 Å². The standard InChI is InChI=1S/C77H128O16P2/c1-4-7-10-13-16-19-22-25-27-29-31-32-33-34-35-36-37-38-40-42-43-46-48-51-54-57-60-63-75(80)87-66-72(78)67-89-94(83,84)90-68-73(79)69-91-95(85,86)92-71-74(93-77(82)65-62-59-56-53-50-45-24-21-18-15-12-9-6-3)70-88-76(81)64-61-58-55-52-49-47-44-41-39-30-28-26-23-20-17-14-11-8-5-2/h7-8,10-11,16-17,19-21,24-28,31-32,34-35,39,41,47,49,55,58,72-74,78-79H,4-6,9,12-15,18,22-23,29-30,33,36-38,40,42-46,48,50-54,56-57,59-71H2,1-3H3,(H,83,84)(H,85,86)/b10-7-,11-8-,19-16-,20-17-,24-21-,27-25-,28-26-,32-31-,35-34-,41-39-,49-47-,58-55-. The lowest BCUT2D eigenvalue weighted by Gasteiger charge is -2.21. The van der Waals surface area contributed by atoms with Crippen molar-refractivity contribution in [2.45, 2.75) is 283 Å². The molecule has 16 nitrogen and oxygen atoms in total. The predicted molar refractivity (Wildman–Crippen MR) is 389 cm³/mol. The summed E-state index contributed by atoms with van der Waals surface area (Å²) in [4.78, 5) is 58.4. The molecule has 0 aromatic rings. The fraction of sp³-hybridized carbons (Fsp3) is 0.649. The second kappa shape index (κ2) is 69.3. The van der Waals surface area contributed by atoms with Gasteiger partial charge in [-0.2, -0.15) is 0 Å². The van der Waals surface area contributed by atoms with Gasteiger partial charge in [-0.15, -0.1) is 0 Å². The first-order valence-electron chi connectivity index (χ1n) is 36.1. The number of ether oxygens (including phenoxy) is 3. The van der Waals surface area contributed by atoms with E-state index in [2.05, 4.69) is 148 Å². The number of aliphatic hydroxyl groups excluding tert-OH is 2. The molecule has 0 aliphatic rings. The summed E-state index contributed by atoms with van der Waals surface area (Å²) in [5, 5.41) is 20.6. The van der Waals surface area contributed by atoms with Crippen molar-refractivity contribution < 1.29 is 75.8 Å². The first-order valence-corrected chi connectivity index (χ1v) is 39.1. The van der Waals surface area contributed by atoms with E-state index in [1.54, 1.807) is 0 Å². The monoisotopic (exact) mass is 1370 g/mol. The highest BCUT2D eigenvalue weighted by Crippen LogP contribution is 2.45. The van der Waals surface area contributed by atoms with E-state index in [1.165, 1.54) is 70.6 Å². The van der Waals surface area contributed by atoms with Gasteiger partial charge in [0.25, 0.3) is 0 Å². The number of esters is 3.